The number of aromatic nitrogens is 2. The maximum Gasteiger partial charge on any atom is 0.170 e. The summed E-state index contributed by atoms with van der Waals surface area (Å²) in [6, 6.07) is 6.01. The average molecular weight is 269 g/mol. The van der Waals surface area contributed by atoms with Crippen molar-refractivity contribution in [3.63, 3.8) is 0 Å². The zero-order chi connectivity index (χ0) is 13.9. The Kier molecular flexibility index (Phi) is 3.65. The van der Waals surface area contributed by atoms with Crippen molar-refractivity contribution in [2.24, 2.45) is 0 Å². The molecule has 2 aromatic rings. The van der Waals surface area contributed by atoms with Crippen molar-refractivity contribution >= 4 is 5.78 Å². The van der Waals surface area contributed by atoms with Crippen molar-refractivity contribution in [3.05, 3.63) is 53.1 Å². The number of imidazole rings is 1. The van der Waals surface area contributed by atoms with Gasteiger partial charge in [-0.3, -0.25) is 4.79 Å². The number of nitrogens with zero attached hydrogens (tertiary/aromatic N) is 2. The highest BCUT2D eigenvalue weighted by molar-refractivity contribution is 5.97. The molecule has 1 aromatic heterocycles. The first-order valence-corrected chi connectivity index (χ1v) is 7.13. The van der Waals surface area contributed by atoms with Crippen LogP contribution in [0.1, 0.15) is 40.7 Å². The van der Waals surface area contributed by atoms with Gasteiger partial charge in [0.1, 0.15) is 5.82 Å². The van der Waals surface area contributed by atoms with Gasteiger partial charge in [-0.15, -0.1) is 0 Å². The summed E-state index contributed by atoms with van der Waals surface area (Å²) in [5.74, 6) is 0.999. The maximum atomic E-state index is 12.4. The molecule has 2 heterocycles. The highest BCUT2D eigenvalue weighted by Crippen LogP contribution is 2.18. The minimum Gasteiger partial charge on any atom is -0.335 e. The first kappa shape index (κ1) is 13.1. The molecule has 0 radical (unpaired) electrons. The number of carbonyl (C=O) groups excluding carboxylic acids is 1. The van der Waals surface area contributed by atoms with Gasteiger partial charge < -0.3 is 9.88 Å². The molecule has 0 saturated heterocycles. The topological polar surface area (TPSA) is 46.9 Å². The summed E-state index contributed by atoms with van der Waals surface area (Å²) < 4.78 is 2.06. The number of hydrogen-bond acceptors (Lipinski definition) is 3. The number of fused-ring (bicyclic) bond motifs is 1. The van der Waals surface area contributed by atoms with Gasteiger partial charge in [0.25, 0.3) is 0 Å². The van der Waals surface area contributed by atoms with Gasteiger partial charge in [0, 0.05) is 37.6 Å². The zero-order valence-electron chi connectivity index (χ0n) is 11.7. The van der Waals surface area contributed by atoms with Crippen LogP contribution in [0.3, 0.4) is 0 Å². The Morgan fingerprint density at radius 2 is 2.20 bits per heavy atom. The molecule has 1 aromatic carbocycles. The Balaban J connectivity index is 1.77. The first-order chi connectivity index (χ1) is 9.78. The van der Waals surface area contributed by atoms with Crippen LogP contribution in [-0.4, -0.2) is 15.3 Å². The van der Waals surface area contributed by atoms with Crippen molar-refractivity contribution in [2.45, 2.75) is 39.4 Å². The van der Waals surface area contributed by atoms with Gasteiger partial charge in [0.2, 0.25) is 0 Å². The van der Waals surface area contributed by atoms with E-state index in [-0.39, 0.29) is 5.78 Å². The summed E-state index contributed by atoms with van der Waals surface area (Å²) in [7, 11) is 0. The lowest BCUT2D eigenvalue weighted by atomic mass is 10.0. The van der Waals surface area contributed by atoms with Crippen molar-refractivity contribution in [1.29, 1.82) is 0 Å². The average Bonchev–Trinajstić information content (AvgIpc) is 3.07. The van der Waals surface area contributed by atoms with Gasteiger partial charge in [-0.05, 0) is 23.6 Å². The molecule has 0 aliphatic carbocycles. The fourth-order valence-electron chi connectivity index (χ4n) is 2.67. The first-order valence-electron chi connectivity index (χ1n) is 7.13. The van der Waals surface area contributed by atoms with Crippen LogP contribution >= 0.6 is 0 Å². The molecular formula is C16H19N3O. The Labute approximate surface area is 118 Å². The molecule has 1 N–H and O–H groups in total. The number of hydrogen-bond donors (Lipinski definition) is 1. The quantitative estimate of drug-likeness (QED) is 0.847. The Hall–Kier alpha value is -1.94. The number of carbonyl (C=O) groups is 1. The fourth-order valence-corrected chi connectivity index (χ4v) is 2.67. The molecule has 3 rings (SSSR count). The van der Waals surface area contributed by atoms with Crippen LogP contribution < -0.4 is 5.32 Å². The molecule has 1 aliphatic heterocycles. The van der Waals surface area contributed by atoms with Crippen LogP contribution in [-0.2, 0) is 26.1 Å². The second-order valence-corrected chi connectivity index (χ2v) is 5.22. The van der Waals surface area contributed by atoms with Gasteiger partial charge in [-0.1, -0.05) is 19.1 Å². The second kappa shape index (κ2) is 5.59. The lowest BCUT2D eigenvalue weighted by Crippen LogP contribution is -2.10. The summed E-state index contributed by atoms with van der Waals surface area (Å²) in [6.45, 7) is 4.81. The molecule has 1 aliphatic rings. The van der Waals surface area contributed by atoms with E-state index in [4.69, 9.17) is 0 Å². The molecule has 0 fully saturated rings. The highest BCUT2D eigenvalue weighted by atomic mass is 16.1. The van der Waals surface area contributed by atoms with Crippen LogP contribution in [0.15, 0.2) is 30.6 Å². The van der Waals surface area contributed by atoms with Crippen LogP contribution in [0.2, 0.25) is 0 Å². The highest BCUT2D eigenvalue weighted by Gasteiger charge is 2.15. The normalized spacial score (nSPS) is 13.4. The summed E-state index contributed by atoms with van der Waals surface area (Å²) >= 11 is 0. The van der Waals surface area contributed by atoms with E-state index in [9.17, 15) is 4.79 Å². The Morgan fingerprint density at radius 1 is 1.35 bits per heavy atom. The zero-order valence-corrected chi connectivity index (χ0v) is 11.7. The third kappa shape index (κ3) is 2.51. The molecule has 0 bridgehead atoms. The van der Waals surface area contributed by atoms with E-state index in [1.54, 1.807) is 6.20 Å². The van der Waals surface area contributed by atoms with E-state index in [1.165, 1.54) is 11.1 Å². The molecule has 4 heteroatoms. The molecule has 20 heavy (non-hydrogen) atoms. The number of ketones is 1. The minimum absolute atomic E-state index is 0.142. The smallest absolute Gasteiger partial charge is 0.170 e. The fraction of sp³-hybridized carbons (Fsp3) is 0.375. The van der Waals surface area contributed by atoms with Crippen LogP contribution in [0.4, 0.5) is 0 Å². The molecule has 0 spiro atoms. The van der Waals surface area contributed by atoms with Crippen molar-refractivity contribution in [2.75, 3.05) is 0 Å². The molecule has 0 amide bonds. The summed E-state index contributed by atoms with van der Waals surface area (Å²) in [6.07, 6.45) is 5.13. The number of rotatable bonds is 5. The molecule has 0 atom stereocenters. The SMILES string of the molecule is CCCn1ccnc1CC(=O)c1ccc2c(c1)CNC2. The standard InChI is InChI=1S/C16H19N3O/c1-2-6-19-7-5-18-16(19)9-15(20)12-3-4-13-10-17-11-14(13)8-12/h3-5,7-8,17H,2,6,9-11H2,1H3. The van der Waals surface area contributed by atoms with Gasteiger partial charge in [-0.2, -0.15) is 0 Å². The number of Topliss-reactive ketones (excluding diaryl/α,β-unsaturated/α-hetero) is 1. The minimum atomic E-state index is 0.142. The van der Waals surface area contributed by atoms with Gasteiger partial charge >= 0.3 is 0 Å². The van der Waals surface area contributed by atoms with Gasteiger partial charge in [0.05, 0.1) is 6.42 Å². The van der Waals surface area contributed by atoms with Crippen molar-refractivity contribution in [3.8, 4) is 0 Å². The summed E-state index contributed by atoms with van der Waals surface area (Å²) in [5.41, 5.74) is 3.33. The third-order valence-corrected chi connectivity index (χ3v) is 3.74. The third-order valence-electron chi connectivity index (χ3n) is 3.74. The summed E-state index contributed by atoms with van der Waals surface area (Å²) in [4.78, 5) is 16.7. The van der Waals surface area contributed by atoms with E-state index < -0.39 is 0 Å². The predicted octanol–water partition coefficient (Wildman–Crippen LogP) is 2.32. The lowest BCUT2D eigenvalue weighted by Gasteiger charge is -2.07. The molecule has 0 saturated carbocycles. The summed E-state index contributed by atoms with van der Waals surface area (Å²) in [5, 5.41) is 3.30. The monoisotopic (exact) mass is 269 g/mol. The molecular weight excluding hydrogens is 250 g/mol. The molecule has 0 unspecified atom stereocenters. The maximum absolute atomic E-state index is 12.4. The van der Waals surface area contributed by atoms with E-state index in [2.05, 4.69) is 27.9 Å². The van der Waals surface area contributed by atoms with E-state index in [0.717, 1.165) is 37.4 Å². The number of nitrogens with one attached hydrogen (secondary N) is 1. The number of aryl methyl sites for hydroxylation is 1. The second-order valence-electron chi connectivity index (χ2n) is 5.22. The Bertz CT molecular complexity index is 630. The van der Waals surface area contributed by atoms with Crippen LogP contribution in [0.5, 0.6) is 0 Å². The van der Waals surface area contributed by atoms with Crippen molar-refractivity contribution in [1.82, 2.24) is 14.9 Å². The Morgan fingerprint density at radius 3 is 3.05 bits per heavy atom. The number of benzene rings is 1. The molecule has 4 nitrogen and oxygen atoms in total. The van der Waals surface area contributed by atoms with E-state index in [1.807, 2.05) is 18.3 Å². The van der Waals surface area contributed by atoms with Gasteiger partial charge in [-0.25, -0.2) is 4.98 Å². The van der Waals surface area contributed by atoms with Crippen LogP contribution in [0.25, 0.3) is 0 Å². The predicted molar refractivity (Wildman–Crippen MR) is 77.5 cm³/mol. The van der Waals surface area contributed by atoms with E-state index >= 15 is 0 Å². The van der Waals surface area contributed by atoms with E-state index in [0.29, 0.717) is 6.42 Å². The van der Waals surface area contributed by atoms with Crippen LogP contribution in [0, 0.1) is 0 Å². The van der Waals surface area contributed by atoms with Crippen molar-refractivity contribution < 1.29 is 4.79 Å². The largest absolute Gasteiger partial charge is 0.335 e. The lowest BCUT2D eigenvalue weighted by molar-refractivity contribution is 0.0989. The molecule has 104 valence electrons. The van der Waals surface area contributed by atoms with Gasteiger partial charge in [0.15, 0.2) is 5.78 Å².